The van der Waals surface area contributed by atoms with E-state index in [1.54, 1.807) is 30.3 Å². The fourth-order valence-corrected chi connectivity index (χ4v) is 9.23. The summed E-state index contributed by atoms with van der Waals surface area (Å²) in [5, 5.41) is 16.3. The number of imide groups is 2. The average Bonchev–Trinajstić information content (AvgIpc) is 3.64. The highest BCUT2D eigenvalue weighted by atomic mass is 16.5. The number of carbonyl (C=O) groups excluding carboxylic acids is 4. The molecule has 0 aromatic heterocycles. The molecular formula is C46H40N4O6. The Morgan fingerprint density at radius 3 is 1.62 bits per heavy atom. The Morgan fingerprint density at radius 2 is 1.05 bits per heavy atom. The van der Waals surface area contributed by atoms with Gasteiger partial charge in [-0.05, 0) is 97.6 Å². The SMILES string of the molecule is O=C1C2CC=C3C(CC4C(=O)N(c5ccc(Nc6ccccc6)cc5)C(=O)C4C3c3ccccc3OCCO)C2C(=O)N1c1ccc(Nc2ccccc2)cc1. The number of benzene rings is 5. The number of amides is 4. The van der Waals surface area contributed by atoms with Crippen molar-refractivity contribution >= 4 is 57.8 Å². The molecule has 0 bridgehead atoms. The zero-order valence-electron chi connectivity index (χ0n) is 30.5. The van der Waals surface area contributed by atoms with Crippen LogP contribution in [0.5, 0.6) is 5.75 Å². The predicted octanol–water partition coefficient (Wildman–Crippen LogP) is 7.59. The first-order valence-corrected chi connectivity index (χ1v) is 19.0. The zero-order chi connectivity index (χ0) is 38.3. The predicted molar refractivity (Wildman–Crippen MR) is 214 cm³/mol. The van der Waals surface area contributed by atoms with Gasteiger partial charge < -0.3 is 20.5 Å². The van der Waals surface area contributed by atoms with Gasteiger partial charge in [-0.2, -0.15) is 0 Å². The number of aliphatic hydroxyl groups excluding tert-OH is 1. The van der Waals surface area contributed by atoms with Crippen molar-refractivity contribution in [2.45, 2.75) is 18.8 Å². The van der Waals surface area contributed by atoms with Gasteiger partial charge in [0, 0.05) is 34.2 Å². The van der Waals surface area contributed by atoms with Gasteiger partial charge in [0.1, 0.15) is 12.4 Å². The highest BCUT2D eigenvalue weighted by molar-refractivity contribution is 6.24. The van der Waals surface area contributed by atoms with E-state index < -0.39 is 35.5 Å². The van der Waals surface area contributed by atoms with Crippen molar-refractivity contribution in [1.82, 2.24) is 0 Å². The number of rotatable bonds is 10. The van der Waals surface area contributed by atoms with E-state index in [0.29, 0.717) is 29.1 Å². The maximum absolute atomic E-state index is 14.7. The third kappa shape index (κ3) is 6.12. The van der Waals surface area contributed by atoms with E-state index in [4.69, 9.17) is 4.74 Å². The molecule has 2 aliphatic heterocycles. The topological polar surface area (TPSA) is 128 Å². The first-order chi connectivity index (χ1) is 27.4. The smallest absolute Gasteiger partial charge is 0.238 e. The molecule has 280 valence electrons. The molecule has 2 aliphatic carbocycles. The number of para-hydroxylation sites is 3. The summed E-state index contributed by atoms with van der Waals surface area (Å²) in [5.74, 6) is -4.51. The van der Waals surface area contributed by atoms with E-state index in [9.17, 15) is 24.3 Å². The molecule has 6 unspecified atom stereocenters. The number of hydrogen-bond acceptors (Lipinski definition) is 8. The molecule has 6 atom stereocenters. The molecule has 4 amide bonds. The molecule has 10 heteroatoms. The minimum absolute atomic E-state index is 0.0506. The summed E-state index contributed by atoms with van der Waals surface area (Å²) >= 11 is 0. The minimum atomic E-state index is -0.754. The number of anilines is 6. The molecule has 1 saturated carbocycles. The van der Waals surface area contributed by atoms with Gasteiger partial charge in [-0.1, -0.05) is 66.2 Å². The van der Waals surface area contributed by atoms with Crippen LogP contribution in [0.1, 0.15) is 24.3 Å². The summed E-state index contributed by atoms with van der Waals surface area (Å²) in [6, 6.07) is 41.3. The number of carbonyl (C=O) groups is 4. The lowest BCUT2D eigenvalue weighted by Gasteiger charge is -2.44. The van der Waals surface area contributed by atoms with Crippen LogP contribution >= 0.6 is 0 Å². The number of nitrogens with one attached hydrogen (secondary N) is 2. The van der Waals surface area contributed by atoms with Crippen LogP contribution in [0.4, 0.5) is 34.1 Å². The molecule has 5 aromatic carbocycles. The lowest BCUT2D eigenvalue weighted by molar-refractivity contribution is -0.126. The van der Waals surface area contributed by atoms with Crippen LogP contribution < -0.4 is 25.2 Å². The second-order valence-corrected chi connectivity index (χ2v) is 14.7. The van der Waals surface area contributed by atoms with Crippen molar-refractivity contribution in [3.8, 4) is 5.75 Å². The van der Waals surface area contributed by atoms with Gasteiger partial charge in [-0.25, -0.2) is 0 Å². The number of aliphatic hydroxyl groups is 1. The molecule has 0 spiro atoms. The highest BCUT2D eigenvalue weighted by Gasteiger charge is 2.62. The molecule has 10 nitrogen and oxygen atoms in total. The number of ether oxygens (including phenoxy) is 1. The van der Waals surface area contributed by atoms with Crippen LogP contribution in [0.15, 0.2) is 145 Å². The van der Waals surface area contributed by atoms with Crippen LogP contribution in [0.3, 0.4) is 0 Å². The van der Waals surface area contributed by atoms with Crippen LogP contribution in [0.25, 0.3) is 0 Å². The molecule has 9 rings (SSSR count). The van der Waals surface area contributed by atoms with E-state index in [1.807, 2.05) is 109 Å². The van der Waals surface area contributed by atoms with E-state index in [1.165, 1.54) is 9.80 Å². The largest absolute Gasteiger partial charge is 0.491 e. The van der Waals surface area contributed by atoms with E-state index in [0.717, 1.165) is 28.3 Å². The Kier molecular flexibility index (Phi) is 9.19. The van der Waals surface area contributed by atoms with E-state index >= 15 is 0 Å². The molecule has 2 heterocycles. The monoisotopic (exact) mass is 744 g/mol. The van der Waals surface area contributed by atoms with E-state index in [2.05, 4.69) is 10.6 Å². The van der Waals surface area contributed by atoms with Crippen LogP contribution in [0.2, 0.25) is 0 Å². The Morgan fingerprint density at radius 1 is 0.554 bits per heavy atom. The lowest BCUT2D eigenvalue weighted by Crippen LogP contribution is -2.43. The average molecular weight is 745 g/mol. The summed E-state index contributed by atoms with van der Waals surface area (Å²) in [6.07, 6.45) is 2.62. The maximum Gasteiger partial charge on any atom is 0.238 e. The molecule has 4 aliphatic rings. The summed E-state index contributed by atoms with van der Waals surface area (Å²) in [6.45, 7) is -0.148. The molecule has 2 saturated heterocycles. The van der Waals surface area contributed by atoms with Crippen LogP contribution in [-0.2, 0) is 19.2 Å². The molecule has 3 N–H and O–H groups in total. The normalized spacial score (nSPS) is 24.0. The highest BCUT2D eigenvalue weighted by Crippen LogP contribution is 2.59. The number of nitrogens with zero attached hydrogens (tertiary/aromatic N) is 2. The van der Waals surface area contributed by atoms with Gasteiger partial charge in [0.2, 0.25) is 23.6 Å². The van der Waals surface area contributed by atoms with Crippen molar-refractivity contribution in [2.75, 3.05) is 33.6 Å². The van der Waals surface area contributed by atoms with Gasteiger partial charge in [0.05, 0.1) is 41.7 Å². The first-order valence-electron chi connectivity index (χ1n) is 19.0. The maximum atomic E-state index is 14.7. The van der Waals surface area contributed by atoms with Crippen molar-refractivity contribution in [1.29, 1.82) is 0 Å². The third-order valence-corrected chi connectivity index (χ3v) is 11.6. The summed E-state index contributed by atoms with van der Waals surface area (Å²) in [7, 11) is 0. The fourth-order valence-electron chi connectivity index (χ4n) is 9.23. The Labute approximate surface area is 324 Å². The Hall–Kier alpha value is -6.52. The van der Waals surface area contributed by atoms with Gasteiger partial charge in [-0.15, -0.1) is 0 Å². The summed E-state index contributed by atoms with van der Waals surface area (Å²) in [4.78, 5) is 60.5. The molecule has 56 heavy (non-hydrogen) atoms. The number of allylic oxidation sites excluding steroid dienone is 2. The summed E-state index contributed by atoms with van der Waals surface area (Å²) < 4.78 is 6.02. The van der Waals surface area contributed by atoms with Gasteiger partial charge in [-0.3, -0.25) is 29.0 Å². The second-order valence-electron chi connectivity index (χ2n) is 14.7. The van der Waals surface area contributed by atoms with Crippen molar-refractivity contribution in [3.05, 3.63) is 151 Å². The van der Waals surface area contributed by atoms with Gasteiger partial charge >= 0.3 is 0 Å². The Balaban J connectivity index is 1.05. The van der Waals surface area contributed by atoms with Crippen molar-refractivity contribution in [2.24, 2.45) is 29.6 Å². The quantitative estimate of drug-likeness (QED) is 0.0987. The minimum Gasteiger partial charge on any atom is -0.491 e. The third-order valence-electron chi connectivity index (χ3n) is 11.6. The zero-order valence-corrected chi connectivity index (χ0v) is 30.5. The first kappa shape index (κ1) is 35.2. The summed E-state index contributed by atoms with van der Waals surface area (Å²) in [5.41, 5.74) is 6.01. The fraction of sp³-hybridized carbons (Fsp3) is 0.217. The molecule has 5 aromatic rings. The number of hydrogen-bond donors (Lipinski definition) is 3. The van der Waals surface area contributed by atoms with Crippen molar-refractivity contribution < 1.29 is 29.0 Å². The second kappa shape index (κ2) is 14.6. The van der Waals surface area contributed by atoms with E-state index in [-0.39, 0.29) is 43.3 Å². The van der Waals surface area contributed by atoms with Gasteiger partial charge in [0.25, 0.3) is 0 Å². The van der Waals surface area contributed by atoms with Crippen LogP contribution in [-0.4, -0.2) is 41.9 Å². The van der Waals surface area contributed by atoms with Crippen LogP contribution in [0, 0.1) is 29.6 Å². The standard InChI is InChI=1S/C46H40N4O6/c51-25-26-56-39-14-8-7-13-35(39)40-34-23-24-36-41(45(54)49(43(36)52)32-19-15-30(16-20-32)47-28-9-3-1-4-10-28)37(34)27-38-42(40)46(55)50(44(38)53)33-21-17-31(18-22-33)48-29-11-5-2-6-12-29/h1-23,36-38,40-42,47-48,51H,24-27H2. The molecule has 3 fully saturated rings. The number of fused-ring (bicyclic) bond motifs is 4. The molecular weight excluding hydrogens is 705 g/mol. The van der Waals surface area contributed by atoms with Gasteiger partial charge in [0.15, 0.2) is 0 Å². The Bertz CT molecular complexity index is 2330. The van der Waals surface area contributed by atoms with Crippen molar-refractivity contribution in [3.63, 3.8) is 0 Å². The lowest BCUT2D eigenvalue weighted by atomic mass is 9.57. The molecule has 0 radical (unpaired) electrons.